The van der Waals surface area contributed by atoms with E-state index in [2.05, 4.69) is 14.6 Å². The van der Waals surface area contributed by atoms with E-state index in [0.29, 0.717) is 15.8 Å². The minimum Gasteiger partial charge on any atom is -0.373 e. The van der Waals surface area contributed by atoms with Crippen molar-refractivity contribution in [2.24, 2.45) is 0 Å². The minimum atomic E-state index is -4.56. The molecule has 1 aliphatic rings. The van der Waals surface area contributed by atoms with E-state index < -0.39 is 18.2 Å². The van der Waals surface area contributed by atoms with Crippen molar-refractivity contribution in [3.05, 3.63) is 28.3 Å². The molecule has 5 nitrogen and oxygen atoms in total. The third-order valence-electron chi connectivity index (χ3n) is 4.57. The molecule has 2 aromatic rings. The molecule has 1 fully saturated rings. The summed E-state index contributed by atoms with van der Waals surface area (Å²) in [5.41, 5.74) is 0.132. The van der Waals surface area contributed by atoms with Crippen molar-refractivity contribution in [3.63, 3.8) is 0 Å². The molecule has 1 unspecified atom stereocenters. The van der Waals surface area contributed by atoms with Crippen molar-refractivity contribution in [2.75, 3.05) is 27.2 Å². The fourth-order valence-corrected chi connectivity index (χ4v) is 4.11. The number of halogens is 3. The van der Waals surface area contributed by atoms with E-state index in [1.54, 1.807) is 12.1 Å². The molecular weight excluding hydrogens is 355 g/mol. The molecule has 0 aliphatic carbocycles. The van der Waals surface area contributed by atoms with Crippen molar-refractivity contribution in [1.29, 1.82) is 0 Å². The zero-order valence-corrected chi connectivity index (χ0v) is 15.0. The molecule has 0 bridgehead atoms. The number of aliphatic hydroxyl groups excluding tert-OH is 1. The summed E-state index contributed by atoms with van der Waals surface area (Å²) in [4.78, 5) is 5.33. The highest BCUT2D eigenvalue weighted by molar-refractivity contribution is 7.15. The fourth-order valence-electron chi connectivity index (χ4n) is 3.04. The van der Waals surface area contributed by atoms with E-state index in [4.69, 9.17) is 0 Å². The van der Waals surface area contributed by atoms with E-state index in [1.807, 2.05) is 19.0 Å². The van der Waals surface area contributed by atoms with Crippen LogP contribution in [-0.2, 0) is 6.18 Å². The molecule has 9 heteroatoms. The predicted molar refractivity (Wildman–Crippen MR) is 88.2 cm³/mol. The molecule has 0 amide bonds. The van der Waals surface area contributed by atoms with Crippen LogP contribution in [-0.4, -0.2) is 53.3 Å². The maximum atomic E-state index is 12.8. The standard InChI is InChI=1S/C16H20F3N3O2S/c1-9-13(20-24-14(9)16(17,18)19)11-4-5-12(25-11)15(23)22-7-6-10(8-22)21(2)3/h4-5,10,15,23H,6-8H2,1-3H3/t10-,15?/m1/s1. The van der Waals surface area contributed by atoms with E-state index in [1.165, 1.54) is 18.3 Å². The summed E-state index contributed by atoms with van der Waals surface area (Å²) in [5.74, 6) is -1.08. The Morgan fingerprint density at radius 1 is 1.40 bits per heavy atom. The second kappa shape index (κ2) is 6.71. The molecule has 1 N–H and O–H groups in total. The van der Waals surface area contributed by atoms with Gasteiger partial charge in [-0.15, -0.1) is 11.3 Å². The first-order valence-corrected chi connectivity index (χ1v) is 8.72. The van der Waals surface area contributed by atoms with Crippen LogP contribution in [0.4, 0.5) is 13.2 Å². The summed E-state index contributed by atoms with van der Waals surface area (Å²) < 4.78 is 43.0. The fraction of sp³-hybridized carbons (Fsp3) is 0.562. The van der Waals surface area contributed by atoms with Crippen LogP contribution in [0.3, 0.4) is 0 Å². The molecule has 0 spiro atoms. The molecule has 3 rings (SSSR count). The minimum absolute atomic E-state index is 0.0377. The van der Waals surface area contributed by atoms with Crippen molar-refractivity contribution < 1.29 is 22.8 Å². The second-order valence-electron chi connectivity index (χ2n) is 6.46. The molecule has 1 aliphatic heterocycles. The maximum Gasteiger partial charge on any atom is 0.452 e. The summed E-state index contributed by atoms with van der Waals surface area (Å²) in [6.07, 6.45) is -4.36. The monoisotopic (exact) mass is 375 g/mol. The number of likely N-dealkylation sites (tertiary alicyclic amines) is 1. The van der Waals surface area contributed by atoms with Gasteiger partial charge in [0.2, 0.25) is 5.76 Å². The van der Waals surface area contributed by atoms with Crippen LogP contribution < -0.4 is 0 Å². The van der Waals surface area contributed by atoms with Gasteiger partial charge in [-0.1, -0.05) is 5.16 Å². The lowest BCUT2D eigenvalue weighted by atomic mass is 10.2. The van der Waals surface area contributed by atoms with Gasteiger partial charge in [-0.2, -0.15) is 13.2 Å². The van der Waals surface area contributed by atoms with Crippen LogP contribution in [0.2, 0.25) is 0 Å². The van der Waals surface area contributed by atoms with Crippen molar-refractivity contribution in [1.82, 2.24) is 15.0 Å². The quantitative estimate of drug-likeness (QED) is 0.888. The van der Waals surface area contributed by atoms with E-state index in [0.717, 1.165) is 19.5 Å². The first-order valence-electron chi connectivity index (χ1n) is 7.90. The molecule has 0 aromatic carbocycles. The topological polar surface area (TPSA) is 52.7 Å². The average molecular weight is 375 g/mol. The van der Waals surface area contributed by atoms with Crippen LogP contribution in [0.15, 0.2) is 16.7 Å². The van der Waals surface area contributed by atoms with Gasteiger partial charge in [0.25, 0.3) is 0 Å². The zero-order valence-electron chi connectivity index (χ0n) is 14.2. The molecular formula is C16H20F3N3O2S. The molecule has 138 valence electrons. The number of hydrogen-bond acceptors (Lipinski definition) is 6. The highest BCUT2D eigenvalue weighted by Gasteiger charge is 2.39. The number of aromatic nitrogens is 1. The number of alkyl halides is 3. The highest BCUT2D eigenvalue weighted by Crippen LogP contribution is 2.39. The lowest BCUT2D eigenvalue weighted by Crippen LogP contribution is -2.33. The Labute approximate surface area is 147 Å². The SMILES string of the molecule is Cc1c(-c2ccc(C(O)N3CC[C@@H](N(C)C)C3)s2)noc1C(F)(F)F. The predicted octanol–water partition coefficient (Wildman–Crippen LogP) is 3.36. The van der Waals surface area contributed by atoms with Crippen molar-refractivity contribution >= 4 is 11.3 Å². The Morgan fingerprint density at radius 2 is 2.12 bits per heavy atom. The smallest absolute Gasteiger partial charge is 0.373 e. The number of hydrogen-bond donors (Lipinski definition) is 1. The highest BCUT2D eigenvalue weighted by atomic mass is 32.1. The molecule has 1 saturated heterocycles. The van der Waals surface area contributed by atoms with E-state index in [-0.39, 0.29) is 11.3 Å². The zero-order chi connectivity index (χ0) is 18.4. The van der Waals surface area contributed by atoms with E-state index >= 15 is 0 Å². The molecule has 0 radical (unpaired) electrons. The molecule has 0 saturated carbocycles. The van der Waals surface area contributed by atoms with Gasteiger partial charge in [0.05, 0.1) is 4.88 Å². The van der Waals surface area contributed by atoms with Crippen LogP contribution in [0.5, 0.6) is 0 Å². The van der Waals surface area contributed by atoms with Crippen LogP contribution in [0, 0.1) is 6.92 Å². The summed E-state index contributed by atoms with van der Waals surface area (Å²) in [5, 5.41) is 14.1. The lowest BCUT2D eigenvalue weighted by Gasteiger charge is -2.23. The Balaban J connectivity index is 1.78. The third kappa shape index (κ3) is 3.59. The van der Waals surface area contributed by atoms with Crippen LogP contribution in [0.25, 0.3) is 10.6 Å². The lowest BCUT2D eigenvalue weighted by molar-refractivity contribution is -0.156. The number of rotatable bonds is 4. The van der Waals surface area contributed by atoms with Gasteiger partial charge in [-0.05, 0) is 39.6 Å². The van der Waals surface area contributed by atoms with Gasteiger partial charge in [0.15, 0.2) is 0 Å². The number of aliphatic hydroxyl groups is 1. The van der Waals surface area contributed by atoms with Gasteiger partial charge >= 0.3 is 6.18 Å². The first-order chi connectivity index (χ1) is 11.7. The summed E-state index contributed by atoms with van der Waals surface area (Å²) >= 11 is 1.23. The first kappa shape index (κ1) is 18.4. The summed E-state index contributed by atoms with van der Waals surface area (Å²) in [6, 6.07) is 3.80. The third-order valence-corrected chi connectivity index (χ3v) is 5.70. The summed E-state index contributed by atoms with van der Waals surface area (Å²) in [7, 11) is 4.02. The molecule has 2 aromatic heterocycles. The normalized spacial score (nSPS) is 20.6. The molecule has 3 heterocycles. The van der Waals surface area contributed by atoms with E-state index in [9.17, 15) is 18.3 Å². The van der Waals surface area contributed by atoms with Crippen molar-refractivity contribution in [3.8, 4) is 10.6 Å². The van der Waals surface area contributed by atoms with Gasteiger partial charge in [0, 0.05) is 29.6 Å². The second-order valence-corrected chi connectivity index (χ2v) is 7.58. The number of nitrogens with zero attached hydrogens (tertiary/aromatic N) is 3. The summed E-state index contributed by atoms with van der Waals surface area (Å²) in [6.45, 7) is 2.87. The van der Waals surface area contributed by atoms with Gasteiger partial charge in [0.1, 0.15) is 11.9 Å². The van der Waals surface area contributed by atoms with Gasteiger partial charge in [-0.3, -0.25) is 4.90 Å². The van der Waals surface area contributed by atoms with Crippen LogP contribution >= 0.6 is 11.3 Å². The average Bonchev–Trinajstić information content (AvgIpc) is 3.24. The Hall–Kier alpha value is -1.42. The van der Waals surface area contributed by atoms with Crippen molar-refractivity contribution in [2.45, 2.75) is 31.8 Å². The number of likely N-dealkylation sites (N-methyl/N-ethyl adjacent to an activating group) is 1. The molecule has 25 heavy (non-hydrogen) atoms. The maximum absolute atomic E-state index is 12.8. The Morgan fingerprint density at radius 3 is 2.68 bits per heavy atom. The Bertz CT molecular complexity index is 741. The van der Waals surface area contributed by atoms with Gasteiger partial charge < -0.3 is 14.5 Å². The van der Waals surface area contributed by atoms with Crippen LogP contribution in [0.1, 0.15) is 28.8 Å². The van der Waals surface area contributed by atoms with Gasteiger partial charge in [-0.25, -0.2) is 0 Å². The molecule has 2 atom stereocenters. The number of thiophene rings is 1. The largest absolute Gasteiger partial charge is 0.452 e. The Kier molecular flexibility index (Phi) is 4.93.